The Labute approximate surface area is 143 Å². The Morgan fingerprint density at radius 1 is 0.560 bits per heavy atom. The zero-order valence-electron chi connectivity index (χ0n) is 13.5. The summed E-state index contributed by atoms with van der Waals surface area (Å²) in [5, 5.41) is 6.25. The zero-order chi connectivity index (χ0) is 16.4. The van der Waals surface area contributed by atoms with Crippen LogP contribution in [0.2, 0.25) is 0 Å². The minimum absolute atomic E-state index is 1.07. The van der Waals surface area contributed by atoms with E-state index in [-0.39, 0.29) is 0 Å². The fraction of sp³-hybridized carbons (Fsp3) is 0. The summed E-state index contributed by atoms with van der Waals surface area (Å²) in [4.78, 5) is 4.68. The van der Waals surface area contributed by atoms with Gasteiger partial charge < -0.3 is 4.40 Å². The fourth-order valence-corrected chi connectivity index (χ4v) is 4.12. The summed E-state index contributed by atoms with van der Waals surface area (Å²) in [5.74, 6) is 0. The van der Waals surface area contributed by atoms with Crippen molar-refractivity contribution in [2.24, 2.45) is 0 Å². The van der Waals surface area contributed by atoms with Crippen molar-refractivity contribution < 1.29 is 0 Å². The van der Waals surface area contributed by atoms with Crippen molar-refractivity contribution in [3.63, 3.8) is 0 Å². The molecule has 0 amide bonds. The lowest BCUT2D eigenvalue weighted by atomic mass is 10.1. The number of benzene rings is 3. The molecule has 25 heavy (non-hydrogen) atoms. The van der Waals surface area contributed by atoms with Gasteiger partial charge in [0, 0.05) is 22.4 Å². The Balaban J connectivity index is 2.01. The molecule has 3 heterocycles. The minimum atomic E-state index is 1.07. The van der Waals surface area contributed by atoms with Crippen LogP contribution in [-0.4, -0.2) is 9.38 Å². The Bertz CT molecular complexity index is 1440. The molecule has 0 fully saturated rings. The van der Waals surface area contributed by atoms with Gasteiger partial charge in [-0.25, -0.2) is 0 Å². The first-order valence-corrected chi connectivity index (χ1v) is 8.50. The van der Waals surface area contributed by atoms with Crippen molar-refractivity contribution >= 4 is 49.0 Å². The smallest absolute Gasteiger partial charge is 0.0816 e. The Hall–Kier alpha value is -3.39. The zero-order valence-corrected chi connectivity index (χ0v) is 13.5. The molecule has 6 aromatic rings. The number of rotatable bonds is 0. The first kappa shape index (κ1) is 13.0. The molecule has 0 spiro atoms. The van der Waals surface area contributed by atoms with E-state index in [4.69, 9.17) is 0 Å². The first-order valence-electron chi connectivity index (χ1n) is 8.50. The second-order valence-electron chi connectivity index (χ2n) is 6.50. The number of hydrogen-bond donors (Lipinski definition) is 0. The maximum Gasteiger partial charge on any atom is 0.0816 e. The number of nitrogens with zero attached hydrogens (tertiary/aromatic N) is 2. The maximum atomic E-state index is 4.68. The molecule has 0 N–H and O–H groups in total. The van der Waals surface area contributed by atoms with Crippen LogP contribution < -0.4 is 0 Å². The number of para-hydroxylation sites is 1. The van der Waals surface area contributed by atoms with Gasteiger partial charge in [0.15, 0.2) is 0 Å². The normalized spacial score (nSPS) is 12.0. The molecule has 2 heteroatoms. The first-order chi connectivity index (χ1) is 12.4. The van der Waals surface area contributed by atoms with Crippen LogP contribution in [0, 0.1) is 0 Å². The molecule has 0 aliphatic carbocycles. The van der Waals surface area contributed by atoms with E-state index in [0.29, 0.717) is 0 Å². The van der Waals surface area contributed by atoms with Crippen molar-refractivity contribution in [1.82, 2.24) is 9.38 Å². The number of fused-ring (bicyclic) bond motifs is 10. The second kappa shape index (κ2) is 4.58. The van der Waals surface area contributed by atoms with Gasteiger partial charge in [0.25, 0.3) is 0 Å². The molecule has 0 atom stereocenters. The highest BCUT2D eigenvalue weighted by Gasteiger charge is 2.13. The Kier molecular flexibility index (Phi) is 2.37. The SMILES string of the molecule is c1ccc2c(c1)ccc1c2cc2c3cccnc3c3ccccc3n12. The molecule has 2 nitrogen and oxygen atoms in total. The summed E-state index contributed by atoms with van der Waals surface area (Å²) in [6, 6.07) is 28.1. The van der Waals surface area contributed by atoms with E-state index in [1.807, 2.05) is 12.3 Å². The van der Waals surface area contributed by atoms with Crippen LogP contribution in [0.15, 0.2) is 85.1 Å². The lowest BCUT2D eigenvalue weighted by molar-refractivity contribution is 1.33. The van der Waals surface area contributed by atoms with Crippen LogP contribution in [0.3, 0.4) is 0 Å². The Morgan fingerprint density at radius 2 is 1.28 bits per heavy atom. The van der Waals surface area contributed by atoms with Crippen LogP contribution in [0.1, 0.15) is 0 Å². The number of aromatic nitrogens is 2. The molecule has 0 bridgehead atoms. The minimum Gasteiger partial charge on any atom is -0.308 e. The molecule has 0 aliphatic heterocycles. The molecule has 3 aromatic heterocycles. The highest BCUT2D eigenvalue weighted by atomic mass is 14.9. The lowest BCUT2D eigenvalue weighted by Crippen LogP contribution is -1.91. The lowest BCUT2D eigenvalue weighted by Gasteiger charge is -2.09. The van der Waals surface area contributed by atoms with Gasteiger partial charge in [-0.15, -0.1) is 0 Å². The Morgan fingerprint density at radius 3 is 2.24 bits per heavy atom. The quantitative estimate of drug-likeness (QED) is 0.316. The molecule has 0 saturated heterocycles. The second-order valence-corrected chi connectivity index (χ2v) is 6.50. The van der Waals surface area contributed by atoms with Crippen LogP contribution in [0.25, 0.3) is 49.0 Å². The third-order valence-corrected chi connectivity index (χ3v) is 5.19. The van der Waals surface area contributed by atoms with E-state index in [1.54, 1.807) is 0 Å². The van der Waals surface area contributed by atoms with Gasteiger partial charge in [-0.3, -0.25) is 4.98 Å². The van der Waals surface area contributed by atoms with E-state index in [9.17, 15) is 0 Å². The van der Waals surface area contributed by atoms with E-state index < -0.39 is 0 Å². The van der Waals surface area contributed by atoms with Crippen molar-refractivity contribution in [2.75, 3.05) is 0 Å². The fourth-order valence-electron chi connectivity index (χ4n) is 4.12. The van der Waals surface area contributed by atoms with E-state index in [1.165, 1.54) is 43.5 Å². The van der Waals surface area contributed by atoms with Gasteiger partial charge in [0.1, 0.15) is 0 Å². The third-order valence-electron chi connectivity index (χ3n) is 5.19. The standard InChI is InChI=1S/C23H14N2/c1-2-7-16-15(6-1)11-12-21-19(16)14-22-18-9-5-13-24-23(18)17-8-3-4-10-20(17)25(21)22/h1-14H. The predicted molar refractivity (Wildman–Crippen MR) is 105 cm³/mol. The number of hydrogen-bond acceptors (Lipinski definition) is 1. The summed E-state index contributed by atoms with van der Waals surface area (Å²) in [5.41, 5.74) is 4.73. The van der Waals surface area contributed by atoms with E-state index in [0.717, 1.165) is 5.52 Å². The highest BCUT2D eigenvalue weighted by molar-refractivity contribution is 6.17. The average Bonchev–Trinajstić information content (AvgIpc) is 3.09. The van der Waals surface area contributed by atoms with Gasteiger partial charge in [-0.05, 0) is 41.1 Å². The van der Waals surface area contributed by atoms with Gasteiger partial charge in [0.2, 0.25) is 0 Å². The summed E-state index contributed by atoms with van der Waals surface area (Å²) in [7, 11) is 0. The van der Waals surface area contributed by atoms with Crippen LogP contribution in [0.5, 0.6) is 0 Å². The number of pyridine rings is 2. The maximum absolute atomic E-state index is 4.68. The predicted octanol–water partition coefficient (Wildman–Crippen LogP) is 5.95. The van der Waals surface area contributed by atoms with E-state index >= 15 is 0 Å². The summed E-state index contributed by atoms with van der Waals surface area (Å²) < 4.78 is 2.38. The van der Waals surface area contributed by atoms with Crippen molar-refractivity contribution in [1.29, 1.82) is 0 Å². The van der Waals surface area contributed by atoms with Crippen LogP contribution >= 0.6 is 0 Å². The molecular weight excluding hydrogens is 304 g/mol. The molecule has 0 radical (unpaired) electrons. The monoisotopic (exact) mass is 318 g/mol. The van der Waals surface area contributed by atoms with Crippen molar-refractivity contribution in [3.05, 3.63) is 85.1 Å². The topological polar surface area (TPSA) is 17.3 Å². The summed E-state index contributed by atoms with van der Waals surface area (Å²) >= 11 is 0. The summed E-state index contributed by atoms with van der Waals surface area (Å²) in [6.07, 6.45) is 1.88. The molecule has 6 rings (SSSR count). The largest absolute Gasteiger partial charge is 0.308 e. The highest BCUT2D eigenvalue weighted by Crippen LogP contribution is 2.35. The van der Waals surface area contributed by atoms with Gasteiger partial charge in [-0.2, -0.15) is 0 Å². The molecule has 3 aromatic carbocycles. The van der Waals surface area contributed by atoms with Gasteiger partial charge in [-0.1, -0.05) is 48.5 Å². The van der Waals surface area contributed by atoms with Crippen molar-refractivity contribution in [2.45, 2.75) is 0 Å². The molecular formula is C23H14N2. The van der Waals surface area contributed by atoms with Crippen molar-refractivity contribution in [3.8, 4) is 0 Å². The molecule has 0 aliphatic rings. The molecule has 116 valence electrons. The van der Waals surface area contributed by atoms with Crippen LogP contribution in [-0.2, 0) is 0 Å². The van der Waals surface area contributed by atoms with Gasteiger partial charge >= 0.3 is 0 Å². The summed E-state index contributed by atoms with van der Waals surface area (Å²) in [6.45, 7) is 0. The average molecular weight is 318 g/mol. The molecule has 0 saturated carbocycles. The van der Waals surface area contributed by atoms with E-state index in [2.05, 4.69) is 82.2 Å². The van der Waals surface area contributed by atoms with Crippen LogP contribution in [0.4, 0.5) is 0 Å². The molecule has 0 unspecified atom stereocenters. The third kappa shape index (κ3) is 1.61. The van der Waals surface area contributed by atoms with Gasteiger partial charge in [0.05, 0.1) is 22.1 Å².